The summed E-state index contributed by atoms with van der Waals surface area (Å²) in [6.45, 7) is 4.04. The number of amides is 1. The number of nitrogens with zero attached hydrogens (tertiary/aromatic N) is 3. The second-order valence-electron chi connectivity index (χ2n) is 4.70. The Morgan fingerprint density at radius 1 is 1.38 bits per heavy atom. The predicted octanol–water partition coefficient (Wildman–Crippen LogP) is 2.45. The van der Waals surface area contributed by atoms with E-state index in [1.54, 1.807) is 36.5 Å². The first-order valence-corrected chi connectivity index (χ1v) is 6.57. The van der Waals surface area contributed by atoms with Gasteiger partial charge in [0.15, 0.2) is 5.82 Å². The number of nitriles is 1. The Morgan fingerprint density at radius 3 is 2.71 bits per heavy atom. The van der Waals surface area contributed by atoms with Crippen LogP contribution in [0.4, 0.5) is 5.82 Å². The number of nitrogens with one attached hydrogen (secondary N) is 1. The number of hydrogen-bond donors (Lipinski definition) is 1. The SMILES string of the molecule is CC(C)Oc1ccc(C(=O)Nc2ccn(CC#N)n2)cc1. The summed E-state index contributed by atoms with van der Waals surface area (Å²) in [4.78, 5) is 12.0. The van der Waals surface area contributed by atoms with Crippen molar-refractivity contribution in [3.63, 3.8) is 0 Å². The molecule has 0 saturated heterocycles. The van der Waals surface area contributed by atoms with Crippen molar-refractivity contribution in [1.82, 2.24) is 9.78 Å². The number of aromatic nitrogens is 2. The monoisotopic (exact) mass is 284 g/mol. The third-order valence-corrected chi connectivity index (χ3v) is 2.60. The van der Waals surface area contributed by atoms with Gasteiger partial charge in [-0.1, -0.05) is 0 Å². The zero-order valence-corrected chi connectivity index (χ0v) is 11.9. The Bertz CT molecular complexity index is 653. The number of benzene rings is 1. The molecule has 0 fully saturated rings. The molecule has 0 spiro atoms. The third-order valence-electron chi connectivity index (χ3n) is 2.60. The maximum absolute atomic E-state index is 12.0. The molecule has 1 amide bonds. The Morgan fingerprint density at radius 2 is 2.10 bits per heavy atom. The first kappa shape index (κ1) is 14.6. The van der Waals surface area contributed by atoms with Crippen molar-refractivity contribution in [3.8, 4) is 11.8 Å². The summed E-state index contributed by atoms with van der Waals surface area (Å²) in [6, 6.07) is 10.5. The summed E-state index contributed by atoms with van der Waals surface area (Å²) in [5, 5.41) is 15.3. The lowest BCUT2D eigenvalue weighted by Gasteiger charge is -2.09. The smallest absolute Gasteiger partial charge is 0.256 e. The van der Waals surface area contributed by atoms with Gasteiger partial charge in [0.2, 0.25) is 0 Å². The molecule has 1 aromatic heterocycles. The van der Waals surface area contributed by atoms with E-state index >= 15 is 0 Å². The van der Waals surface area contributed by atoms with Crippen molar-refractivity contribution in [2.45, 2.75) is 26.5 Å². The molecule has 108 valence electrons. The quantitative estimate of drug-likeness (QED) is 0.914. The lowest BCUT2D eigenvalue weighted by atomic mass is 10.2. The highest BCUT2D eigenvalue weighted by molar-refractivity contribution is 6.03. The topological polar surface area (TPSA) is 79.9 Å². The maximum atomic E-state index is 12.0. The highest BCUT2D eigenvalue weighted by atomic mass is 16.5. The molecule has 6 heteroatoms. The minimum absolute atomic E-state index is 0.0915. The van der Waals surface area contributed by atoms with E-state index < -0.39 is 0 Å². The number of carbonyl (C=O) groups is 1. The molecule has 0 unspecified atom stereocenters. The summed E-state index contributed by atoms with van der Waals surface area (Å²) in [7, 11) is 0. The summed E-state index contributed by atoms with van der Waals surface area (Å²) >= 11 is 0. The molecule has 0 saturated carbocycles. The van der Waals surface area contributed by atoms with Crippen LogP contribution in [-0.2, 0) is 6.54 Å². The maximum Gasteiger partial charge on any atom is 0.256 e. The van der Waals surface area contributed by atoms with Gasteiger partial charge in [-0.25, -0.2) is 0 Å². The van der Waals surface area contributed by atoms with Gasteiger partial charge in [-0.15, -0.1) is 0 Å². The zero-order chi connectivity index (χ0) is 15.2. The number of rotatable bonds is 5. The summed E-state index contributed by atoms with van der Waals surface area (Å²) < 4.78 is 6.97. The molecule has 2 aromatic rings. The van der Waals surface area contributed by atoms with E-state index in [0.717, 1.165) is 5.75 Å². The molecule has 0 atom stereocenters. The average Bonchev–Trinajstić information content (AvgIpc) is 2.86. The minimum Gasteiger partial charge on any atom is -0.491 e. The van der Waals surface area contributed by atoms with Gasteiger partial charge in [-0.3, -0.25) is 9.48 Å². The van der Waals surface area contributed by atoms with E-state index in [9.17, 15) is 4.79 Å². The van der Waals surface area contributed by atoms with Gasteiger partial charge in [-0.05, 0) is 38.1 Å². The van der Waals surface area contributed by atoms with Gasteiger partial charge < -0.3 is 10.1 Å². The average molecular weight is 284 g/mol. The van der Waals surface area contributed by atoms with Crippen LogP contribution >= 0.6 is 0 Å². The first-order valence-electron chi connectivity index (χ1n) is 6.57. The number of carbonyl (C=O) groups excluding carboxylic acids is 1. The van der Waals surface area contributed by atoms with Crippen molar-refractivity contribution in [3.05, 3.63) is 42.1 Å². The van der Waals surface area contributed by atoms with Crippen LogP contribution in [0.1, 0.15) is 24.2 Å². The fourth-order valence-electron chi connectivity index (χ4n) is 1.73. The van der Waals surface area contributed by atoms with Gasteiger partial charge in [-0.2, -0.15) is 10.4 Å². The van der Waals surface area contributed by atoms with Crippen LogP contribution in [-0.4, -0.2) is 21.8 Å². The first-order chi connectivity index (χ1) is 10.1. The van der Waals surface area contributed by atoms with E-state index in [1.807, 2.05) is 19.9 Å². The zero-order valence-electron chi connectivity index (χ0n) is 11.9. The van der Waals surface area contributed by atoms with Crippen molar-refractivity contribution >= 4 is 11.7 Å². The normalized spacial score (nSPS) is 10.2. The van der Waals surface area contributed by atoms with Crippen LogP contribution in [0.3, 0.4) is 0 Å². The largest absolute Gasteiger partial charge is 0.491 e. The Labute approximate surface area is 123 Å². The van der Waals surface area contributed by atoms with Gasteiger partial charge in [0.25, 0.3) is 5.91 Å². The standard InChI is InChI=1S/C15H16N4O2/c1-11(2)21-13-5-3-12(4-6-13)15(20)17-14-7-9-19(18-14)10-8-16/h3-7,9,11H,10H2,1-2H3,(H,17,18,20). The van der Waals surface area contributed by atoms with Gasteiger partial charge >= 0.3 is 0 Å². The van der Waals surface area contributed by atoms with Crippen molar-refractivity contribution in [2.75, 3.05) is 5.32 Å². The molecular weight excluding hydrogens is 268 g/mol. The van der Waals surface area contributed by atoms with Crippen LogP contribution in [0.15, 0.2) is 36.5 Å². The number of ether oxygens (including phenoxy) is 1. The lowest BCUT2D eigenvalue weighted by molar-refractivity contribution is 0.102. The third kappa shape index (κ3) is 4.08. The second kappa shape index (κ2) is 6.57. The van der Waals surface area contributed by atoms with Crippen LogP contribution in [0.2, 0.25) is 0 Å². The second-order valence-corrected chi connectivity index (χ2v) is 4.70. The molecule has 0 aliphatic rings. The number of hydrogen-bond acceptors (Lipinski definition) is 4. The molecular formula is C15H16N4O2. The molecule has 1 aromatic carbocycles. The van der Waals surface area contributed by atoms with Crippen LogP contribution in [0.25, 0.3) is 0 Å². The summed E-state index contributed by atoms with van der Waals surface area (Å²) in [5.74, 6) is 0.880. The summed E-state index contributed by atoms with van der Waals surface area (Å²) in [5.41, 5.74) is 0.515. The molecule has 0 aliphatic carbocycles. The van der Waals surface area contributed by atoms with Crippen molar-refractivity contribution in [1.29, 1.82) is 5.26 Å². The molecule has 0 radical (unpaired) electrons. The van der Waals surface area contributed by atoms with Crippen molar-refractivity contribution in [2.24, 2.45) is 0 Å². The van der Waals surface area contributed by atoms with Crippen molar-refractivity contribution < 1.29 is 9.53 Å². The fraction of sp³-hybridized carbons (Fsp3) is 0.267. The molecule has 6 nitrogen and oxygen atoms in total. The summed E-state index contributed by atoms with van der Waals surface area (Å²) in [6.07, 6.45) is 1.73. The fourth-order valence-corrected chi connectivity index (χ4v) is 1.73. The van der Waals surface area contributed by atoms with E-state index in [2.05, 4.69) is 10.4 Å². The molecule has 1 N–H and O–H groups in total. The molecule has 0 bridgehead atoms. The van der Waals surface area contributed by atoms with E-state index in [1.165, 1.54) is 4.68 Å². The van der Waals surface area contributed by atoms with E-state index in [-0.39, 0.29) is 18.6 Å². The van der Waals surface area contributed by atoms with Crippen LogP contribution in [0.5, 0.6) is 5.75 Å². The Kier molecular flexibility index (Phi) is 4.57. The Hall–Kier alpha value is -2.81. The van der Waals surface area contributed by atoms with E-state index in [4.69, 9.17) is 10.00 Å². The van der Waals surface area contributed by atoms with E-state index in [0.29, 0.717) is 11.4 Å². The van der Waals surface area contributed by atoms with Crippen LogP contribution < -0.4 is 10.1 Å². The highest BCUT2D eigenvalue weighted by Gasteiger charge is 2.08. The van der Waals surface area contributed by atoms with Gasteiger partial charge in [0, 0.05) is 17.8 Å². The predicted molar refractivity (Wildman–Crippen MR) is 78.0 cm³/mol. The van der Waals surface area contributed by atoms with Gasteiger partial charge in [0.1, 0.15) is 12.3 Å². The highest BCUT2D eigenvalue weighted by Crippen LogP contribution is 2.15. The molecule has 2 rings (SSSR count). The molecule has 0 aliphatic heterocycles. The van der Waals surface area contributed by atoms with Gasteiger partial charge in [0.05, 0.1) is 12.2 Å². The number of anilines is 1. The molecule has 1 heterocycles. The minimum atomic E-state index is -0.256. The lowest BCUT2D eigenvalue weighted by Crippen LogP contribution is -2.13. The van der Waals surface area contributed by atoms with Crippen LogP contribution in [0, 0.1) is 11.3 Å². The Balaban J connectivity index is 2.01. The molecule has 21 heavy (non-hydrogen) atoms.